The van der Waals surface area contributed by atoms with E-state index in [-0.39, 0.29) is 0 Å². The zero-order valence-corrected chi connectivity index (χ0v) is 8.97. The Bertz CT molecular complexity index is 289. The Morgan fingerprint density at radius 3 is 2.69 bits per heavy atom. The molecule has 2 nitrogen and oxygen atoms in total. The Balaban J connectivity index is 2.01. The minimum atomic E-state index is 0.406. The van der Waals surface area contributed by atoms with E-state index < -0.39 is 0 Å². The number of aryl methyl sites for hydroxylation is 1. The third kappa shape index (κ3) is 1.77. The number of likely N-dealkylation sites (tertiary alicyclic amines) is 1. The van der Waals surface area contributed by atoms with E-state index in [0.29, 0.717) is 12.1 Å². The normalized spacial score (nSPS) is 21.5. The van der Waals surface area contributed by atoms with Crippen molar-refractivity contribution < 1.29 is 0 Å². The molecule has 0 aromatic carbocycles. The summed E-state index contributed by atoms with van der Waals surface area (Å²) in [5.74, 6) is 0. The third-order valence-electron chi connectivity index (χ3n) is 2.66. The van der Waals surface area contributed by atoms with Crippen molar-refractivity contribution in [3.05, 3.63) is 21.9 Å². The van der Waals surface area contributed by atoms with Crippen molar-refractivity contribution in [1.29, 1.82) is 0 Å². The molecule has 72 valence electrons. The highest BCUT2D eigenvalue weighted by Crippen LogP contribution is 2.29. The van der Waals surface area contributed by atoms with Crippen molar-refractivity contribution in [3.8, 4) is 0 Å². The summed E-state index contributed by atoms with van der Waals surface area (Å²) >= 11 is 1.89. The minimum absolute atomic E-state index is 0.406. The summed E-state index contributed by atoms with van der Waals surface area (Å²) in [7, 11) is 0. The molecule has 0 spiro atoms. The van der Waals surface area contributed by atoms with Gasteiger partial charge in [-0.15, -0.1) is 11.3 Å². The fourth-order valence-corrected chi connectivity index (χ4v) is 2.69. The highest BCUT2D eigenvalue weighted by atomic mass is 32.1. The highest BCUT2D eigenvalue weighted by Gasteiger charge is 2.28. The third-order valence-corrected chi connectivity index (χ3v) is 3.83. The molecule has 0 amide bonds. The first-order valence-electron chi connectivity index (χ1n) is 4.73. The van der Waals surface area contributed by atoms with Gasteiger partial charge in [-0.3, -0.25) is 4.90 Å². The van der Waals surface area contributed by atoms with Gasteiger partial charge in [0, 0.05) is 34.9 Å². The Hall–Kier alpha value is -0.380. The molecular weight excluding hydrogens is 180 g/mol. The standard InChI is InChI=1S/C10H16N2S/c1-7-3-4-10(13-7)8(2)12-5-9(11)6-12/h3-4,8-9H,5-6,11H2,1-2H3. The van der Waals surface area contributed by atoms with Crippen molar-refractivity contribution >= 4 is 11.3 Å². The van der Waals surface area contributed by atoms with Crippen LogP contribution in [0.5, 0.6) is 0 Å². The molecule has 0 aliphatic carbocycles. The number of rotatable bonds is 2. The van der Waals surface area contributed by atoms with E-state index in [1.54, 1.807) is 0 Å². The SMILES string of the molecule is Cc1ccc(C(C)N2CC(N)C2)s1. The molecule has 1 aliphatic heterocycles. The van der Waals surface area contributed by atoms with Gasteiger partial charge in [0.1, 0.15) is 0 Å². The topological polar surface area (TPSA) is 29.3 Å². The van der Waals surface area contributed by atoms with Crippen LogP contribution in [0.1, 0.15) is 22.7 Å². The van der Waals surface area contributed by atoms with Crippen molar-refractivity contribution in [3.63, 3.8) is 0 Å². The maximum Gasteiger partial charge on any atom is 0.0414 e. The average molecular weight is 196 g/mol. The van der Waals surface area contributed by atoms with E-state index in [1.165, 1.54) is 9.75 Å². The molecule has 1 unspecified atom stereocenters. The van der Waals surface area contributed by atoms with Gasteiger partial charge in [-0.1, -0.05) is 0 Å². The monoisotopic (exact) mass is 196 g/mol. The van der Waals surface area contributed by atoms with Crippen molar-refractivity contribution in [2.45, 2.75) is 25.9 Å². The summed E-state index contributed by atoms with van der Waals surface area (Å²) in [4.78, 5) is 5.28. The van der Waals surface area contributed by atoms with Crippen LogP contribution < -0.4 is 5.73 Å². The highest BCUT2D eigenvalue weighted by molar-refractivity contribution is 7.12. The van der Waals surface area contributed by atoms with Gasteiger partial charge in [0.2, 0.25) is 0 Å². The van der Waals surface area contributed by atoms with Crippen LogP contribution in [0.25, 0.3) is 0 Å². The second-order valence-electron chi connectivity index (χ2n) is 3.84. The van der Waals surface area contributed by atoms with Gasteiger partial charge in [0.15, 0.2) is 0 Å². The molecule has 1 aromatic rings. The van der Waals surface area contributed by atoms with Crippen LogP contribution in [0.2, 0.25) is 0 Å². The Kier molecular flexibility index (Phi) is 2.41. The van der Waals surface area contributed by atoms with Gasteiger partial charge in [0.25, 0.3) is 0 Å². The molecule has 3 heteroatoms. The zero-order valence-electron chi connectivity index (χ0n) is 8.16. The summed E-state index contributed by atoms with van der Waals surface area (Å²) in [6, 6.07) is 5.38. The molecular formula is C10H16N2S. The average Bonchev–Trinajstić information content (AvgIpc) is 2.45. The molecule has 0 saturated carbocycles. The summed E-state index contributed by atoms with van der Waals surface area (Å²) in [6.45, 7) is 6.52. The van der Waals surface area contributed by atoms with Crippen LogP contribution in [-0.4, -0.2) is 24.0 Å². The maximum absolute atomic E-state index is 5.75. The van der Waals surface area contributed by atoms with Crippen LogP contribution >= 0.6 is 11.3 Å². The lowest BCUT2D eigenvalue weighted by Crippen LogP contribution is -2.56. The Morgan fingerprint density at radius 2 is 2.23 bits per heavy atom. The number of thiophene rings is 1. The predicted octanol–water partition coefficient (Wildman–Crippen LogP) is 1.76. The van der Waals surface area contributed by atoms with Crippen LogP contribution in [0.4, 0.5) is 0 Å². The van der Waals surface area contributed by atoms with Gasteiger partial charge in [-0.25, -0.2) is 0 Å². The quantitative estimate of drug-likeness (QED) is 0.781. The van der Waals surface area contributed by atoms with Gasteiger partial charge < -0.3 is 5.73 Å². The smallest absolute Gasteiger partial charge is 0.0414 e. The molecule has 1 atom stereocenters. The van der Waals surface area contributed by atoms with E-state index in [1.807, 2.05) is 11.3 Å². The summed E-state index contributed by atoms with van der Waals surface area (Å²) < 4.78 is 0. The zero-order chi connectivity index (χ0) is 9.42. The maximum atomic E-state index is 5.75. The minimum Gasteiger partial charge on any atom is -0.325 e. The molecule has 2 heterocycles. The molecule has 1 aliphatic rings. The van der Waals surface area contributed by atoms with Crippen LogP contribution in [0, 0.1) is 6.92 Å². The fraction of sp³-hybridized carbons (Fsp3) is 0.600. The number of nitrogens with two attached hydrogens (primary N) is 1. The lowest BCUT2D eigenvalue weighted by atomic mass is 10.1. The molecule has 1 aromatic heterocycles. The van der Waals surface area contributed by atoms with Crippen molar-refractivity contribution in [1.82, 2.24) is 4.90 Å². The number of hydrogen-bond acceptors (Lipinski definition) is 3. The van der Waals surface area contributed by atoms with Gasteiger partial charge in [0.05, 0.1) is 0 Å². The molecule has 2 rings (SSSR count). The summed E-state index contributed by atoms with van der Waals surface area (Å²) in [5, 5.41) is 0. The molecule has 2 N–H and O–H groups in total. The van der Waals surface area contributed by atoms with E-state index in [9.17, 15) is 0 Å². The first-order chi connectivity index (χ1) is 6.16. The second-order valence-corrected chi connectivity index (χ2v) is 5.16. The van der Waals surface area contributed by atoms with Crippen LogP contribution in [-0.2, 0) is 0 Å². The Labute approximate surface area is 83.4 Å². The van der Waals surface area contributed by atoms with E-state index >= 15 is 0 Å². The largest absolute Gasteiger partial charge is 0.325 e. The first kappa shape index (κ1) is 9.19. The van der Waals surface area contributed by atoms with Crippen LogP contribution in [0.3, 0.4) is 0 Å². The summed E-state index contributed by atoms with van der Waals surface area (Å²) in [6.07, 6.45) is 0. The molecule has 0 radical (unpaired) electrons. The first-order valence-corrected chi connectivity index (χ1v) is 5.54. The van der Waals surface area contributed by atoms with Crippen LogP contribution in [0.15, 0.2) is 12.1 Å². The predicted molar refractivity (Wildman–Crippen MR) is 57.0 cm³/mol. The van der Waals surface area contributed by atoms with E-state index in [2.05, 4.69) is 30.9 Å². The fourth-order valence-electron chi connectivity index (χ4n) is 1.72. The molecule has 1 fully saturated rings. The van der Waals surface area contributed by atoms with Crippen molar-refractivity contribution in [2.75, 3.05) is 13.1 Å². The Morgan fingerprint density at radius 1 is 1.54 bits per heavy atom. The van der Waals surface area contributed by atoms with Gasteiger partial charge in [-0.2, -0.15) is 0 Å². The van der Waals surface area contributed by atoms with Crippen molar-refractivity contribution in [2.24, 2.45) is 5.73 Å². The van der Waals surface area contributed by atoms with Gasteiger partial charge >= 0.3 is 0 Å². The lowest BCUT2D eigenvalue weighted by molar-refractivity contribution is 0.105. The molecule has 13 heavy (non-hydrogen) atoms. The number of hydrogen-bond donors (Lipinski definition) is 1. The lowest BCUT2D eigenvalue weighted by Gasteiger charge is -2.40. The molecule has 0 bridgehead atoms. The molecule has 1 saturated heterocycles. The van der Waals surface area contributed by atoms with E-state index in [0.717, 1.165) is 13.1 Å². The van der Waals surface area contributed by atoms with E-state index in [4.69, 9.17) is 5.73 Å². The summed E-state index contributed by atoms with van der Waals surface area (Å²) in [5.41, 5.74) is 5.75. The number of nitrogens with zero attached hydrogens (tertiary/aromatic N) is 1. The van der Waals surface area contributed by atoms with Gasteiger partial charge in [-0.05, 0) is 26.0 Å². The second kappa shape index (κ2) is 3.40.